The maximum absolute atomic E-state index is 11.9. The third-order valence-corrected chi connectivity index (χ3v) is 4.90. The lowest BCUT2D eigenvalue weighted by Crippen LogP contribution is -2.02. The summed E-state index contributed by atoms with van der Waals surface area (Å²) in [5.41, 5.74) is 5.17. The van der Waals surface area contributed by atoms with Gasteiger partial charge in [-0.2, -0.15) is 0 Å². The molecule has 1 aromatic carbocycles. The Hall–Kier alpha value is -3.38. The summed E-state index contributed by atoms with van der Waals surface area (Å²) in [6.07, 6.45) is 3.31. The van der Waals surface area contributed by atoms with Gasteiger partial charge in [-0.3, -0.25) is 9.97 Å². The minimum absolute atomic E-state index is 0.414. The van der Waals surface area contributed by atoms with Crippen molar-refractivity contribution in [2.24, 2.45) is 0 Å². The smallest absolute Gasteiger partial charge is 0.337 e. The van der Waals surface area contributed by atoms with Crippen LogP contribution in [0.3, 0.4) is 0 Å². The molecule has 0 aliphatic rings. The van der Waals surface area contributed by atoms with E-state index in [9.17, 15) is 4.79 Å². The molecule has 3 aromatic heterocycles. The third-order valence-electron chi connectivity index (χ3n) is 4.37. The van der Waals surface area contributed by atoms with Gasteiger partial charge in [-0.25, -0.2) is 9.78 Å². The van der Waals surface area contributed by atoms with E-state index in [1.807, 2.05) is 54.6 Å². The van der Waals surface area contributed by atoms with Gasteiger partial charge in [-0.1, -0.05) is 34.1 Å². The highest BCUT2D eigenvalue weighted by Crippen LogP contribution is 2.29. The SMILES string of the molecule is COC(=O)c1ccnc(-c2cc(-c3ccc(Br)cc3)cc(-c3ccccn3)n2)c1. The predicted octanol–water partition coefficient (Wildman–Crippen LogP) is 5.42. The highest BCUT2D eigenvalue weighted by molar-refractivity contribution is 9.10. The number of esters is 1. The molecule has 0 N–H and O–H groups in total. The van der Waals surface area contributed by atoms with Gasteiger partial charge in [0.1, 0.15) is 0 Å². The largest absolute Gasteiger partial charge is 0.465 e. The Morgan fingerprint density at radius 1 is 0.793 bits per heavy atom. The van der Waals surface area contributed by atoms with Crippen LogP contribution in [0.5, 0.6) is 0 Å². The number of methoxy groups -OCH3 is 1. The van der Waals surface area contributed by atoms with Crippen molar-refractivity contribution in [3.05, 3.63) is 89.2 Å². The first kappa shape index (κ1) is 19.0. The summed E-state index contributed by atoms with van der Waals surface area (Å²) in [4.78, 5) is 25.5. The van der Waals surface area contributed by atoms with E-state index in [-0.39, 0.29) is 0 Å². The van der Waals surface area contributed by atoms with E-state index in [0.717, 1.165) is 27.0 Å². The first-order chi connectivity index (χ1) is 14.1. The van der Waals surface area contributed by atoms with Gasteiger partial charge in [0.2, 0.25) is 0 Å². The van der Waals surface area contributed by atoms with Crippen molar-refractivity contribution in [2.45, 2.75) is 0 Å². The van der Waals surface area contributed by atoms with Crippen LogP contribution >= 0.6 is 15.9 Å². The third kappa shape index (κ3) is 4.22. The van der Waals surface area contributed by atoms with Gasteiger partial charge in [-0.15, -0.1) is 0 Å². The zero-order chi connectivity index (χ0) is 20.2. The van der Waals surface area contributed by atoms with Gasteiger partial charge in [0.25, 0.3) is 0 Å². The lowest BCUT2D eigenvalue weighted by molar-refractivity contribution is 0.0600. The fourth-order valence-electron chi connectivity index (χ4n) is 2.93. The maximum atomic E-state index is 11.9. The summed E-state index contributed by atoms with van der Waals surface area (Å²) >= 11 is 3.47. The number of ether oxygens (including phenoxy) is 1. The van der Waals surface area contributed by atoms with Gasteiger partial charge >= 0.3 is 5.97 Å². The summed E-state index contributed by atoms with van der Waals surface area (Å²) in [6, 6.07) is 21.0. The van der Waals surface area contributed by atoms with Gasteiger partial charge in [-0.05, 0) is 59.7 Å². The Balaban J connectivity index is 1.88. The minimum Gasteiger partial charge on any atom is -0.465 e. The molecule has 142 valence electrons. The van der Waals surface area contributed by atoms with Crippen LogP contribution < -0.4 is 0 Å². The van der Waals surface area contributed by atoms with E-state index in [4.69, 9.17) is 9.72 Å². The molecule has 0 fully saturated rings. The molecule has 0 atom stereocenters. The zero-order valence-corrected chi connectivity index (χ0v) is 17.1. The fourth-order valence-corrected chi connectivity index (χ4v) is 3.20. The van der Waals surface area contributed by atoms with E-state index >= 15 is 0 Å². The molecule has 0 amide bonds. The average Bonchev–Trinajstić information content (AvgIpc) is 2.79. The standard InChI is InChI=1S/C23H16BrN3O2/c1-29-23(28)16-9-11-26-20(12-16)22-14-17(15-5-7-18(24)8-6-15)13-21(27-22)19-4-2-3-10-25-19/h2-14H,1H3. The van der Waals surface area contributed by atoms with Crippen LogP contribution in [0.1, 0.15) is 10.4 Å². The van der Waals surface area contributed by atoms with Crippen LogP contribution in [-0.4, -0.2) is 28.0 Å². The van der Waals surface area contributed by atoms with Crippen LogP contribution in [0, 0.1) is 0 Å². The summed E-state index contributed by atoms with van der Waals surface area (Å²) < 4.78 is 5.83. The van der Waals surface area contributed by atoms with Crippen LogP contribution in [0.4, 0.5) is 0 Å². The molecule has 0 unspecified atom stereocenters. The number of halogens is 1. The number of rotatable bonds is 4. The second-order valence-electron chi connectivity index (χ2n) is 6.27. The van der Waals surface area contributed by atoms with Crippen LogP contribution in [0.15, 0.2) is 83.6 Å². The van der Waals surface area contributed by atoms with Crippen molar-refractivity contribution in [3.8, 4) is 33.9 Å². The molecule has 6 heteroatoms. The molecule has 3 heterocycles. The van der Waals surface area contributed by atoms with Crippen molar-refractivity contribution in [1.82, 2.24) is 15.0 Å². The fraction of sp³-hybridized carbons (Fsp3) is 0.0435. The van der Waals surface area contributed by atoms with E-state index in [0.29, 0.717) is 17.0 Å². The second-order valence-corrected chi connectivity index (χ2v) is 7.19. The first-order valence-corrected chi connectivity index (χ1v) is 9.67. The van der Waals surface area contributed by atoms with Crippen LogP contribution in [0.25, 0.3) is 33.9 Å². The summed E-state index contributed by atoms with van der Waals surface area (Å²) in [7, 11) is 1.36. The summed E-state index contributed by atoms with van der Waals surface area (Å²) in [5, 5.41) is 0. The maximum Gasteiger partial charge on any atom is 0.337 e. The van der Waals surface area contributed by atoms with Crippen molar-refractivity contribution >= 4 is 21.9 Å². The number of aromatic nitrogens is 3. The number of carbonyl (C=O) groups is 1. The molecule has 4 rings (SSSR count). The molecule has 29 heavy (non-hydrogen) atoms. The minimum atomic E-state index is -0.414. The van der Waals surface area contributed by atoms with E-state index < -0.39 is 5.97 Å². The number of hydrogen-bond donors (Lipinski definition) is 0. The zero-order valence-electron chi connectivity index (χ0n) is 15.5. The Morgan fingerprint density at radius 2 is 1.52 bits per heavy atom. The molecule has 4 aromatic rings. The summed E-state index contributed by atoms with van der Waals surface area (Å²) in [5.74, 6) is -0.414. The van der Waals surface area contributed by atoms with E-state index in [2.05, 4.69) is 25.9 Å². The Morgan fingerprint density at radius 3 is 2.21 bits per heavy atom. The Kier molecular flexibility index (Phi) is 5.44. The van der Waals surface area contributed by atoms with Gasteiger partial charge in [0.15, 0.2) is 0 Å². The van der Waals surface area contributed by atoms with Gasteiger partial charge in [0, 0.05) is 16.9 Å². The molecule has 0 saturated carbocycles. The first-order valence-electron chi connectivity index (χ1n) is 8.88. The van der Waals surface area contributed by atoms with Crippen molar-refractivity contribution < 1.29 is 9.53 Å². The number of benzene rings is 1. The molecule has 0 saturated heterocycles. The van der Waals surface area contributed by atoms with Crippen molar-refractivity contribution in [2.75, 3.05) is 7.11 Å². The molecule has 0 spiro atoms. The van der Waals surface area contributed by atoms with Crippen molar-refractivity contribution in [3.63, 3.8) is 0 Å². The van der Waals surface area contributed by atoms with E-state index in [1.54, 1.807) is 24.5 Å². The quantitative estimate of drug-likeness (QED) is 0.392. The summed E-state index contributed by atoms with van der Waals surface area (Å²) in [6.45, 7) is 0. The van der Waals surface area contributed by atoms with E-state index in [1.165, 1.54) is 7.11 Å². The average molecular weight is 446 g/mol. The predicted molar refractivity (Wildman–Crippen MR) is 115 cm³/mol. The molecule has 0 bridgehead atoms. The number of hydrogen-bond acceptors (Lipinski definition) is 5. The molecular formula is C23H16BrN3O2. The van der Waals surface area contributed by atoms with Crippen LogP contribution in [-0.2, 0) is 4.74 Å². The second kappa shape index (κ2) is 8.32. The number of nitrogens with zero attached hydrogens (tertiary/aromatic N) is 3. The Bertz CT molecular complexity index is 1160. The highest BCUT2D eigenvalue weighted by atomic mass is 79.9. The molecule has 5 nitrogen and oxygen atoms in total. The Labute approximate surface area is 176 Å². The van der Waals surface area contributed by atoms with Crippen LogP contribution in [0.2, 0.25) is 0 Å². The van der Waals surface area contributed by atoms with Gasteiger partial charge in [0.05, 0.1) is 35.4 Å². The molecule has 0 aliphatic heterocycles. The monoisotopic (exact) mass is 445 g/mol. The lowest BCUT2D eigenvalue weighted by Gasteiger charge is -2.10. The molecular weight excluding hydrogens is 430 g/mol. The molecule has 0 radical (unpaired) electrons. The highest BCUT2D eigenvalue weighted by Gasteiger charge is 2.13. The van der Waals surface area contributed by atoms with Crippen molar-refractivity contribution in [1.29, 1.82) is 0 Å². The normalized spacial score (nSPS) is 10.6. The topological polar surface area (TPSA) is 65.0 Å². The molecule has 0 aliphatic carbocycles. The number of carbonyl (C=O) groups excluding carboxylic acids is 1. The lowest BCUT2D eigenvalue weighted by atomic mass is 10.0. The van der Waals surface area contributed by atoms with Gasteiger partial charge < -0.3 is 4.74 Å². The number of pyridine rings is 3.